The number of rotatable bonds is 5. The van der Waals surface area contributed by atoms with Gasteiger partial charge in [-0.2, -0.15) is 0 Å². The zero-order valence-corrected chi connectivity index (χ0v) is 12.3. The summed E-state index contributed by atoms with van der Waals surface area (Å²) in [6, 6.07) is 14.4. The molecule has 0 saturated carbocycles. The molecular weight excluding hydrogens is 256 g/mol. The number of aryl methyl sites for hydroxylation is 1. The van der Waals surface area contributed by atoms with Crippen molar-refractivity contribution in [3.8, 4) is 11.5 Å². The summed E-state index contributed by atoms with van der Waals surface area (Å²) in [5.41, 5.74) is 1.24. The van der Waals surface area contributed by atoms with Gasteiger partial charge in [-0.1, -0.05) is 18.7 Å². The lowest BCUT2D eigenvalue weighted by molar-refractivity contribution is 0.409. The SMILES string of the molecule is CCc1cc(Sc2ccc(OC)cc2)ccc1OC. The molecule has 0 unspecified atom stereocenters. The van der Waals surface area contributed by atoms with Crippen LogP contribution in [0.5, 0.6) is 11.5 Å². The van der Waals surface area contributed by atoms with Crippen molar-refractivity contribution in [3.63, 3.8) is 0 Å². The Morgan fingerprint density at radius 2 is 1.58 bits per heavy atom. The van der Waals surface area contributed by atoms with E-state index in [1.807, 2.05) is 18.2 Å². The van der Waals surface area contributed by atoms with Gasteiger partial charge >= 0.3 is 0 Å². The summed E-state index contributed by atoms with van der Waals surface area (Å²) in [7, 11) is 3.39. The minimum Gasteiger partial charge on any atom is -0.497 e. The second-order valence-corrected chi connectivity index (χ2v) is 5.25. The molecule has 0 fully saturated rings. The van der Waals surface area contributed by atoms with Crippen LogP contribution in [0.25, 0.3) is 0 Å². The van der Waals surface area contributed by atoms with Gasteiger partial charge in [0.25, 0.3) is 0 Å². The number of hydrogen-bond donors (Lipinski definition) is 0. The van der Waals surface area contributed by atoms with Crippen molar-refractivity contribution in [1.82, 2.24) is 0 Å². The van der Waals surface area contributed by atoms with E-state index >= 15 is 0 Å². The zero-order chi connectivity index (χ0) is 13.7. The van der Waals surface area contributed by atoms with Crippen LogP contribution >= 0.6 is 11.8 Å². The molecule has 0 spiro atoms. The van der Waals surface area contributed by atoms with E-state index in [0.717, 1.165) is 17.9 Å². The van der Waals surface area contributed by atoms with Crippen molar-refractivity contribution in [3.05, 3.63) is 48.0 Å². The molecule has 3 heteroatoms. The molecule has 2 rings (SSSR count). The maximum atomic E-state index is 5.35. The van der Waals surface area contributed by atoms with E-state index in [1.165, 1.54) is 15.4 Å². The van der Waals surface area contributed by atoms with E-state index in [4.69, 9.17) is 9.47 Å². The minimum atomic E-state index is 0.883. The van der Waals surface area contributed by atoms with Gasteiger partial charge < -0.3 is 9.47 Å². The molecule has 19 heavy (non-hydrogen) atoms. The number of methoxy groups -OCH3 is 2. The Morgan fingerprint density at radius 1 is 0.895 bits per heavy atom. The maximum Gasteiger partial charge on any atom is 0.122 e. The lowest BCUT2D eigenvalue weighted by Crippen LogP contribution is -1.90. The second-order valence-electron chi connectivity index (χ2n) is 4.10. The van der Waals surface area contributed by atoms with Crippen molar-refractivity contribution in [2.45, 2.75) is 23.1 Å². The molecule has 0 aliphatic carbocycles. The first-order valence-electron chi connectivity index (χ1n) is 6.25. The Labute approximate surface area is 118 Å². The first kappa shape index (κ1) is 13.8. The summed E-state index contributed by atoms with van der Waals surface area (Å²) in [4.78, 5) is 2.43. The molecule has 0 bridgehead atoms. The highest BCUT2D eigenvalue weighted by molar-refractivity contribution is 7.99. The number of hydrogen-bond acceptors (Lipinski definition) is 3. The summed E-state index contributed by atoms with van der Waals surface area (Å²) in [6.07, 6.45) is 0.972. The normalized spacial score (nSPS) is 10.3. The van der Waals surface area contributed by atoms with Crippen molar-refractivity contribution >= 4 is 11.8 Å². The van der Waals surface area contributed by atoms with Gasteiger partial charge in [0.05, 0.1) is 14.2 Å². The van der Waals surface area contributed by atoms with Crippen LogP contribution in [0.3, 0.4) is 0 Å². The molecule has 0 N–H and O–H groups in total. The van der Waals surface area contributed by atoms with Crippen LogP contribution in [0.15, 0.2) is 52.3 Å². The van der Waals surface area contributed by atoms with Crippen LogP contribution in [0.2, 0.25) is 0 Å². The van der Waals surface area contributed by atoms with Gasteiger partial charge in [-0.15, -0.1) is 0 Å². The summed E-state index contributed by atoms with van der Waals surface area (Å²) < 4.78 is 10.5. The van der Waals surface area contributed by atoms with Crippen molar-refractivity contribution in [2.24, 2.45) is 0 Å². The standard InChI is InChI=1S/C16H18O2S/c1-4-12-11-15(9-10-16(12)18-3)19-14-7-5-13(17-2)6-8-14/h5-11H,4H2,1-3H3. The Bertz CT molecular complexity index is 535. The van der Waals surface area contributed by atoms with E-state index in [0.29, 0.717) is 0 Å². The molecule has 0 radical (unpaired) electrons. The molecule has 0 atom stereocenters. The van der Waals surface area contributed by atoms with Crippen LogP contribution in [-0.2, 0) is 6.42 Å². The highest BCUT2D eigenvalue weighted by Crippen LogP contribution is 2.32. The molecule has 100 valence electrons. The van der Waals surface area contributed by atoms with Gasteiger partial charge in [0.2, 0.25) is 0 Å². The fraction of sp³-hybridized carbons (Fsp3) is 0.250. The average Bonchev–Trinajstić information content (AvgIpc) is 2.48. The van der Waals surface area contributed by atoms with Gasteiger partial charge in [-0.05, 0) is 54.4 Å². The molecule has 0 amide bonds. The Balaban J connectivity index is 2.18. The highest BCUT2D eigenvalue weighted by Gasteiger charge is 2.04. The van der Waals surface area contributed by atoms with Crippen LogP contribution in [0, 0.1) is 0 Å². The summed E-state index contributed by atoms with van der Waals surface area (Å²) in [5, 5.41) is 0. The Kier molecular flexibility index (Phi) is 4.74. The summed E-state index contributed by atoms with van der Waals surface area (Å²) >= 11 is 1.74. The van der Waals surface area contributed by atoms with Crippen molar-refractivity contribution in [2.75, 3.05) is 14.2 Å². The van der Waals surface area contributed by atoms with Gasteiger partial charge in [-0.25, -0.2) is 0 Å². The second kappa shape index (κ2) is 6.53. The first-order chi connectivity index (χ1) is 9.26. The summed E-state index contributed by atoms with van der Waals surface area (Å²) in [5.74, 6) is 1.84. The lowest BCUT2D eigenvalue weighted by atomic mass is 10.1. The van der Waals surface area contributed by atoms with Crippen LogP contribution in [-0.4, -0.2) is 14.2 Å². The monoisotopic (exact) mass is 274 g/mol. The van der Waals surface area contributed by atoms with Crippen molar-refractivity contribution < 1.29 is 9.47 Å². The van der Waals surface area contributed by atoms with Crippen LogP contribution in [0.4, 0.5) is 0 Å². The predicted octanol–water partition coefficient (Wildman–Crippen LogP) is 4.42. The smallest absolute Gasteiger partial charge is 0.122 e. The molecule has 0 saturated heterocycles. The summed E-state index contributed by atoms with van der Waals surface area (Å²) in [6.45, 7) is 2.14. The quantitative estimate of drug-likeness (QED) is 0.804. The molecule has 0 aromatic heterocycles. The van der Waals surface area contributed by atoms with Crippen molar-refractivity contribution in [1.29, 1.82) is 0 Å². The maximum absolute atomic E-state index is 5.35. The lowest BCUT2D eigenvalue weighted by Gasteiger charge is -2.09. The fourth-order valence-corrected chi connectivity index (χ4v) is 2.76. The van der Waals surface area contributed by atoms with Gasteiger partial charge in [0.15, 0.2) is 0 Å². The topological polar surface area (TPSA) is 18.5 Å². The number of benzene rings is 2. The fourth-order valence-electron chi connectivity index (χ4n) is 1.87. The number of ether oxygens (including phenoxy) is 2. The first-order valence-corrected chi connectivity index (χ1v) is 7.07. The van der Waals surface area contributed by atoms with E-state index in [2.05, 4.69) is 31.2 Å². The molecule has 0 aliphatic heterocycles. The molecular formula is C16H18O2S. The van der Waals surface area contributed by atoms with Gasteiger partial charge in [0.1, 0.15) is 11.5 Å². The van der Waals surface area contributed by atoms with E-state index < -0.39 is 0 Å². The predicted molar refractivity (Wildman–Crippen MR) is 79.5 cm³/mol. The van der Waals surface area contributed by atoms with E-state index in [-0.39, 0.29) is 0 Å². The Hall–Kier alpha value is -1.61. The molecule has 0 heterocycles. The third kappa shape index (κ3) is 3.44. The van der Waals surface area contributed by atoms with Crippen LogP contribution < -0.4 is 9.47 Å². The third-order valence-electron chi connectivity index (χ3n) is 2.93. The van der Waals surface area contributed by atoms with Crippen LogP contribution in [0.1, 0.15) is 12.5 Å². The van der Waals surface area contributed by atoms with E-state index in [9.17, 15) is 0 Å². The molecule has 2 aromatic carbocycles. The molecule has 0 aliphatic rings. The Morgan fingerprint density at radius 3 is 2.16 bits per heavy atom. The zero-order valence-electron chi connectivity index (χ0n) is 11.5. The largest absolute Gasteiger partial charge is 0.497 e. The molecule has 2 nitrogen and oxygen atoms in total. The van der Waals surface area contributed by atoms with E-state index in [1.54, 1.807) is 26.0 Å². The minimum absolute atomic E-state index is 0.883. The van der Waals surface area contributed by atoms with Gasteiger partial charge in [-0.3, -0.25) is 0 Å². The average molecular weight is 274 g/mol. The molecule has 2 aromatic rings. The van der Waals surface area contributed by atoms with Gasteiger partial charge in [0, 0.05) is 9.79 Å². The third-order valence-corrected chi connectivity index (χ3v) is 3.93. The highest BCUT2D eigenvalue weighted by atomic mass is 32.2.